The van der Waals surface area contributed by atoms with E-state index in [1.165, 1.54) is 6.92 Å². The molecule has 0 amide bonds. The summed E-state index contributed by atoms with van der Waals surface area (Å²) in [5.74, 6) is -12.8. The molecule has 0 aromatic heterocycles. The number of benzene rings is 3. The molecule has 0 aliphatic carbocycles. The molecule has 0 aliphatic rings. The maximum Gasteiger partial charge on any atom is 0.433 e. The first-order valence-electron chi connectivity index (χ1n) is 9.30. The quantitative estimate of drug-likeness (QED) is 0.315. The van der Waals surface area contributed by atoms with E-state index in [0.29, 0.717) is 12.1 Å². The summed E-state index contributed by atoms with van der Waals surface area (Å²) in [7, 11) is 0. The molecule has 0 saturated heterocycles. The monoisotopic (exact) mass is 516 g/mol. The van der Waals surface area contributed by atoms with Gasteiger partial charge in [-0.25, -0.2) is 26.3 Å². The summed E-state index contributed by atoms with van der Waals surface area (Å²) in [6, 6.07) is 2.28. The molecule has 0 radical (unpaired) electrons. The number of aryl methyl sites for hydroxylation is 1. The second kappa shape index (κ2) is 9.27. The van der Waals surface area contributed by atoms with E-state index in [2.05, 4.69) is 9.47 Å². The lowest BCUT2D eigenvalue weighted by atomic mass is 10.0. The molecular formula is C22H11F11O2. The third-order valence-electron chi connectivity index (χ3n) is 4.42. The average Bonchev–Trinajstić information content (AvgIpc) is 2.64. The van der Waals surface area contributed by atoms with Crippen molar-refractivity contribution in [2.24, 2.45) is 0 Å². The molecule has 0 spiro atoms. The summed E-state index contributed by atoms with van der Waals surface area (Å²) in [5.41, 5.74) is -3.56. The molecule has 3 aromatic rings. The zero-order chi connectivity index (χ0) is 26.3. The van der Waals surface area contributed by atoms with Crippen molar-refractivity contribution in [1.29, 1.82) is 0 Å². The molecular weight excluding hydrogens is 505 g/mol. The zero-order valence-electron chi connectivity index (χ0n) is 17.1. The van der Waals surface area contributed by atoms with E-state index >= 15 is 0 Å². The average molecular weight is 516 g/mol. The molecule has 0 N–H and O–H groups in total. The molecule has 3 aromatic carbocycles. The molecule has 35 heavy (non-hydrogen) atoms. The van der Waals surface area contributed by atoms with Crippen molar-refractivity contribution in [3.8, 4) is 22.6 Å². The van der Waals surface area contributed by atoms with Crippen LogP contribution in [0.25, 0.3) is 11.1 Å². The predicted molar refractivity (Wildman–Crippen MR) is 98.9 cm³/mol. The summed E-state index contributed by atoms with van der Waals surface area (Å²) >= 11 is 0. The van der Waals surface area contributed by atoms with Crippen LogP contribution in [0.3, 0.4) is 0 Å². The highest BCUT2D eigenvalue weighted by atomic mass is 19.4. The minimum absolute atomic E-state index is 0.166. The van der Waals surface area contributed by atoms with Gasteiger partial charge >= 0.3 is 12.3 Å². The number of alkyl halides is 5. The Morgan fingerprint density at radius 3 is 1.60 bits per heavy atom. The number of ether oxygens (including phenoxy) is 2. The number of hydrogen-bond acceptors (Lipinski definition) is 2. The molecule has 2 nitrogen and oxygen atoms in total. The molecule has 188 valence electrons. The molecule has 0 heterocycles. The van der Waals surface area contributed by atoms with Gasteiger partial charge in [-0.2, -0.15) is 22.0 Å². The van der Waals surface area contributed by atoms with Crippen LogP contribution >= 0.6 is 0 Å². The van der Waals surface area contributed by atoms with E-state index in [0.717, 1.165) is 12.1 Å². The van der Waals surface area contributed by atoms with E-state index in [1.54, 1.807) is 0 Å². The summed E-state index contributed by atoms with van der Waals surface area (Å²) in [5, 5.41) is 0. The maximum absolute atomic E-state index is 14.3. The Bertz CT molecular complexity index is 1200. The Morgan fingerprint density at radius 2 is 1.14 bits per heavy atom. The molecule has 0 bridgehead atoms. The highest BCUT2D eigenvalue weighted by Crippen LogP contribution is 2.37. The lowest BCUT2D eigenvalue weighted by Gasteiger charge is -2.20. The summed E-state index contributed by atoms with van der Waals surface area (Å²) in [6.45, 7) is -0.596. The third kappa shape index (κ3) is 5.77. The second-order valence-corrected chi connectivity index (χ2v) is 7.16. The first-order valence-corrected chi connectivity index (χ1v) is 9.30. The Morgan fingerprint density at radius 1 is 0.657 bits per heavy atom. The fourth-order valence-corrected chi connectivity index (χ4v) is 3.06. The van der Waals surface area contributed by atoms with Crippen LogP contribution in [0.15, 0.2) is 36.4 Å². The molecule has 0 atom stereocenters. The van der Waals surface area contributed by atoms with Crippen LogP contribution in [0.4, 0.5) is 48.3 Å². The van der Waals surface area contributed by atoms with Crippen molar-refractivity contribution < 1.29 is 57.8 Å². The van der Waals surface area contributed by atoms with Crippen LogP contribution in [-0.2, 0) is 6.18 Å². The van der Waals surface area contributed by atoms with Gasteiger partial charge in [-0.3, -0.25) is 0 Å². The first-order chi connectivity index (χ1) is 16.1. The smallest absolute Gasteiger partial charge is 0.433 e. The van der Waals surface area contributed by atoms with Gasteiger partial charge in [0.1, 0.15) is 34.6 Å². The number of halogens is 11. The van der Waals surface area contributed by atoms with Gasteiger partial charge in [-0.1, -0.05) is 0 Å². The van der Waals surface area contributed by atoms with Gasteiger partial charge in [0, 0.05) is 12.1 Å². The Labute approximate surface area is 189 Å². The van der Waals surface area contributed by atoms with Crippen LogP contribution in [-0.4, -0.2) is 12.7 Å². The van der Waals surface area contributed by atoms with Gasteiger partial charge in [-0.15, -0.1) is 0 Å². The Balaban J connectivity index is 1.81. The van der Waals surface area contributed by atoms with Crippen LogP contribution in [0.1, 0.15) is 11.1 Å². The normalized spacial score (nSPS) is 12.1. The standard InChI is InChI=1S/C22H11F11O2/c1-9-2-12(23)18(13(24)3-9)10-4-16(27)20(17(28)5-10)34-8-21(29,30)35-11-6-14(25)19(15(26)7-11)22(31,32)33/h2-7H,8H2,1H3. The van der Waals surface area contributed by atoms with E-state index in [4.69, 9.17) is 0 Å². The number of hydrogen-bond donors (Lipinski definition) is 0. The maximum atomic E-state index is 14.3. The lowest BCUT2D eigenvalue weighted by Crippen LogP contribution is -2.33. The second-order valence-electron chi connectivity index (χ2n) is 7.16. The van der Waals surface area contributed by atoms with Crippen LogP contribution in [0.2, 0.25) is 0 Å². The SMILES string of the molecule is Cc1cc(F)c(-c2cc(F)c(OCC(F)(F)Oc3cc(F)c(C(F)(F)F)c(F)c3)c(F)c2)c(F)c1. The summed E-state index contributed by atoms with van der Waals surface area (Å²) in [6.07, 6.45) is -9.99. The topological polar surface area (TPSA) is 18.5 Å². The molecule has 0 unspecified atom stereocenters. The van der Waals surface area contributed by atoms with Crippen molar-refractivity contribution in [3.63, 3.8) is 0 Å². The van der Waals surface area contributed by atoms with Gasteiger partial charge < -0.3 is 9.47 Å². The third-order valence-corrected chi connectivity index (χ3v) is 4.42. The molecule has 0 saturated carbocycles. The molecule has 3 rings (SSSR count). The van der Waals surface area contributed by atoms with Gasteiger partial charge in [0.15, 0.2) is 24.0 Å². The van der Waals surface area contributed by atoms with Crippen LogP contribution in [0, 0.1) is 41.8 Å². The minimum Gasteiger partial charge on any atom is -0.477 e. The van der Waals surface area contributed by atoms with Crippen molar-refractivity contribution in [2.45, 2.75) is 19.2 Å². The van der Waals surface area contributed by atoms with Crippen LogP contribution in [0.5, 0.6) is 11.5 Å². The van der Waals surface area contributed by atoms with Gasteiger partial charge in [0.25, 0.3) is 0 Å². The fraction of sp³-hybridized carbons (Fsp3) is 0.182. The largest absolute Gasteiger partial charge is 0.477 e. The zero-order valence-corrected chi connectivity index (χ0v) is 17.1. The van der Waals surface area contributed by atoms with E-state index in [-0.39, 0.29) is 17.7 Å². The Kier molecular flexibility index (Phi) is 6.91. The minimum atomic E-state index is -5.45. The fourth-order valence-electron chi connectivity index (χ4n) is 3.06. The van der Waals surface area contributed by atoms with Gasteiger partial charge in [0.2, 0.25) is 0 Å². The van der Waals surface area contributed by atoms with Crippen molar-refractivity contribution in [1.82, 2.24) is 0 Å². The van der Waals surface area contributed by atoms with E-state index in [1.807, 2.05) is 0 Å². The Hall–Kier alpha value is -3.51. The highest BCUT2D eigenvalue weighted by Gasteiger charge is 2.40. The first kappa shape index (κ1) is 26.1. The highest BCUT2D eigenvalue weighted by molar-refractivity contribution is 5.66. The van der Waals surface area contributed by atoms with Gasteiger partial charge in [-0.05, 0) is 42.3 Å². The van der Waals surface area contributed by atoms with E-state index < -0.39 is 82.0 Å². The summed E-state index contributed by atoms with van der Waals surface area (Å²) in [4.78, 5) is 0. The predicted octanol–water partition coefficient (Wildman–Crippen LogP) is 7.57. The molecule has 13 heteroatoms. The van der Waals surface area contributed by atoms with Crippen molar-refractivity contribution >= 4 is 0 Å². The van der Waals surface area contributed by atoms with Crippen molar-refractivity contribution in [3.05, 3.63) is 82.4 Å². The van der Waals surface area contributed by atoms with Crippen LogP contribution < -0.4 is 9.47 Å². The molecule has 0 aliphatic heterocycles. The number of rotatable bonds is 6. The van der Waals surface area contributed by atoms with Crippen molar-refractivity contribution in [2.75, 3.05) is 6.61 Å². The lowest BCUT2D eigenvalue weighted by molar-refractivity contribution is -0.196. The molecule has 0 fully saturated rings. The summed E-state index contributed by atoms with van der Waals surface area (Å²) < 4.78 is 158. The van der Waals surface area contributed by atoms with Gasteiger partial charge in [0.05, 0.1) is 5.56 Å². The van der Waals surface area contributed by atoms with E-state index in [9.17, 15) is 48.3 Å².